The van der Waals surface area contributed by atoms with Crippen molar-refractivity contribution in [1.82, 2.24) is 14.9 Å². The molecule has 0 aliphatic carbocycles. The van der Waals surface area contributed by atoms with Crippen LogP contribution in [0.3, 0.4) is 0 Å². The molecule has 0 radical (unpaired) electrons. The van der Waals surface area contributed by atoms with E-state index in [0.717, 1.165) is 0 Å². The Balaban J connectivity index is 1.87. The van der Waals surface area contributed by atoms with Crippen LogP contribution in [0.4, 0.5) is 0 Å². The molecule has 0 bridgehead atoms. The Kier molecular flexibility index (Phi) is 5.95. The highest BCUT2D eigenvalue weighted by Crippen LogP contribution is 2.12. The summed E-state index contributed by atoms with van der Waals surface area (Å²) in [6.07, 6.45) is -0.852. The summed E-state index contributed by atoms with van der Waals surface area (Å²) >= 11 is 0. The average molecular weight is 367 g/mol. The number of rotatable bonds is 7. The molecule has 140 valence electrons. The first-order valence-electron chi connectivity index (χ1n) is 8.61. The van der Waals surface area contributed by atoms with Gasteiger partial charge < -0.3 is 15.2 Å². The van der Waals surface area contributed by atoms with E-state index in [0.29, 0.717) is 16.5 Å². The smallest absolute Gasteiger partial charge is 0.287 e. The second-order valence-corrected chi connectivity index (χ2v) is 6.04. The fourth-order valence-corrected chi connectivity index (χ4v) is 2.79. The van der Waals surface area contributed by atoms with Crippen LogP contribution in [0.15, 0.2) is 59.4 Å². The Morgan fingerprint density at radius 3 is 2.63 bits per heavy atom. The van der Waals surface area contributed by atoms with Gasteiger partial charge in [0.1, 0.15) is 0 Å². The van der Waals surface area contributed by atoms with Gasteiger partial charge in [-0.2, -0.15) is 0 Å². The number of hydrogen-bond donors (Lipinski definition) is 2. The van der Waals surface area contributed by atoms with E-state index in [-0.39, 0.29) is 31.1 Å². The van der Waals surface area contributed by atoms with Crippen LogP contribution in [0.25, 0.3) is 10.9 Å². The van der Waals surface area contributed by atoms with Gasteiger partial charge in [0.2, 0.25) is 5.82 Å². The first-order valence-corrected chi connectivity index (χ1v) is 8.61. The number of nitrogens with one attached hydrogen (secondary N) is 1. The quantitative estimate of drug-likeness (QED) is 0.660. The standard InChI is InChI=1S/C20H21N3O4/c1-27-12-11-23-18(22-16-10-6-5-9-15(16)20(23)26)19(25)21-13-17(24)14-7-3-2-4-8-14/h2-10,17,24H,11-13H2,1H3,(H,21,25)/t17-/m1/s1. The molecule has 0 aliphatic heterocycles. The van der Waals surface area contributed by atoms with E-state index >= 15 is 0 Å². The highest BCUT2D eigenvalue weighted by atomic mass is 16.5. The lowest BCUT2D eigenvalue weighted by atomic mass is 10.1. The number of fused-ring (bicyclic) bond motifs is 1. The molecule has 0 aliphatic rings. The monoisotopic (exact) mass is 367 g/mol. The first-order chi connectivity index (χ1) is 13.1. The highest BCUT2D eigenvalue weighted by molar-refractivity contribution is 5.93. The van der Waals surface area contributed by atoms with Gasteiger partial charge in [-0.15, -0.1) is 0 Å². The van der Waals surface area contributed by atoms with Gasteiger partial charge in [-0.1, -0.05) is 42.5 Å². The molecule has 0 saturated heterocycles. The molecule has 0 saturated carbocycles. The molecule has 3 aromatic rings. The fourth-order valence-electron chi connectivity index (χ4n) is 2.79. The first kappa shape index (κ1) is 18.8. The number of nitrogens with zero attached hydrogens (tertiary/aromatic N) is 2. The molecule has 2 aromatic carbocycles. The number of aliphatic hydroxyl groups is 1. The van der Waals surface area contributed by atoms with Crippen molar-refractivity contribution in [2.45, 2.75) is 12.6 Å². The Labute approximate surface area is 156 Å². The Morgan fingerprint density at radius 2 is 1.89 bits per heavy atom. The van der Waals surface area contributed by atoms with Gasteiger partial charge in [-0.05, 0) is 17.7 Å². The second kappa shape index (κ2) is 8.57. The fraction of sp³-hybridized carbons (Fsp3) is 0.250. The van der Waals surface area contributed by atoms with E-state index in [1.165, 1.54) is 11.7 Å². The lowest BCUT2D eigenvalue weighted by Crippen LogP contribution is -2.36. The maximum absolute atomic E-state index is 12.8. The van der Waals surface area contributed by atoms with E-state index in [2.05, 4.69) is 10.3 Å². The van der Waals surface area contributed by atoms with Gasteiger partial charge in [-0.3, -0.25) is 14.2 Å². The van der Waals surface area contributed by atoms with Gasteiger partial charge in [0.05, 0.1) is 30.2 Å². The van der Waals surface area contributed by atoms with Crippen LogP contribution in [0.5, 0.6) is 0 Å². The molecule has 2 N–H and O–H groups in total. The summed E-state index contributed by atoms with van der Waals surface area (Å²) in [4.78, 5) is 29.8. The third-order valence-corrected chi connectivity index (χ3v) is 4.22. The third kappa shape index (κ3) is 4.21. The summed E-state index contributed by atoms with van der Waals surface area (Å²) < 4.78 is 6.35. The van der Waals surface area contributed by atoms with Gasteiger partial charge in [0, 0.05) is 13.7 Å². The zero-order valence-electron chi connectivity index (χ0n) is 15.0. The number of para-hydroxylation sites is 1. The van der Waals surface area contributed by atoms with Gasteiger partial charge in [-0.25, -0.2) is 4.98 Å². The van der Waals surface area contributed by atoms with E-state index in [1.54, 1.807) is 36.4 Å². The van der Waals surface area contributed by atoms with E-state index < -0.39 is 12.0 Å². The maximum Gasteiger partial charge on any atom is 0.287 e. The molecular formula is C20H21N3O4. The molecule has 7 nitrogen and oxygen atoms in total. The Morgan fingerprint density at radius 1 is 1.19 bits per heavy atom. The molecular weight excluding hydrogens is 346 g/mol. The summed E-state index contributed by atoms with van der Waals surface area (Å²) in [6, 6.07) is 15.9. The zero-order chi connectivity index (χ0) is 19.2. The van der Waals surface area contributed by atoms with Crippen LogP contribution in [0, 0.1) is 0 Å². The Bertz CT molecular complexity index is 985. The lowest BCUT2D eigenvalue weighted by Gasteiger charge is -2.15. The number of methoxy groups -OCH3 is 1. The second-order valence-electron chi connectivity index (χ2n) is 6.04. The molecule has 27 heavy (non-hydrogen) atoms. The normalized spacial score (nSPS) is 12.1. The third-order valence-electron chi connectivity index (χ3n) is 4.22. The maximum atomic E-state index is 12.8. The molecule has 1 heterocycles. The van der Waals surface area contributed by atoms with Crippen molar-refractivity contribution in [3.05, 3.63) is 76.3 Å². The van der Waals surface area contributed by atoms with E-state index in [9.17, 15) is 14.7 Å². The van der Waals surface area contributed by atoms with Crippen LogP contribution >= 0.6 is 0 Å². The highest BCUT2D eigenvalue weighted by Gasteiger charge is 2.18. The van der Waals surface area contributed by atoms with Gasteiger partial charge in [0.15, 0.2) is 0 Å². The number of carbonyl (C=O) groups is 1. The van der Waals surface area contributed by atoms with Gasteiger partial charge >= 0.3 is 0 Å². The van der Waals surface area contributed by atoms with Crippen LogP contribution in [0.1, 0.15) is 22.3 Å². The number of hydrogen-bond acceptors (Lipinski definition) is 5. The summed E-state index contributed by atoms with van der Waals surface area (Å²) in [6.45, 7) is 0.486. The predicted molar refractivity (Wildman–Crippen MR) is 102 cm³/mol. The molecule has 0 fully saturated rings. The molecule has 1 aromatic heterocycles. The SMILES string of the molecule is COCCn1c(C(=O)NC[C@@H](O)c2ccccc2)nc2ccccc2c1=O. The van der Waals surface area contributed by atoms with Crippen molar-refractivity contribution in [1.29, 1.82) is 0 Å². The van der Waals surface area contributed by atoms with Crippen molar-refractivity contribution in [3.63, 3.8) is 0 Å². The molecule has 7 heteroatoms. The zero-order valence-corrected chi connectivity index (χ0v) is 15.0. The number of amides is 1. The largest absolute Gasteiger partial charge is 0.387 e. The minimum absolute atomic E-state index is 0.00369. The average Bonchev–Trinajstić information content (AvgIpc) is 2.71. The summed E-state index contributed by atoms with van der Waals surface area (Å²) in [5, 5.41) is 13.3. The number of carbonyl (C=O) groups excluding carboxylic acids is 1. The molecule has 1 amide bonds. The topological polar surface area (TPSA) is 93.4 Å². The van der Waals surface area contributed by atoms with Crippen LogP contribution in [0.2, 0.25) is 0 Å². The van der Waals surface area contributed by atoms with Crippen molar-refractivity contribution in [3.8, 4) is 0 Å². The summed E-state index contributed by atoms with van der Waals surface area (Å²) in [5.74, 6) is -0.528. The molecule has 0 unspecified atom stereocenters. The predicted octanol–water partition coefficient (Wildman–Crippen LogP) is 1.51. The Hall–Kier alpha value is -3.03. The van der Waals surface area contributed by atoms with E-state index in [4.69, 9.17) is 4.74 Å². The van der Waals surface area contributed by atoms with Crippen LogP contribution in [-0.2, 0) is 11.3 Å². The van der Waals surface area contributed by atoms with Crippen molar-refractivity contribution >= 4 is 16.8 Å². The van der Waals surface area contributed by atoms with Crippen LogP contribution < -0.4 is 10.9 Å². The van der Waals surface area contributed by atoms with Gasteiger partial charge in [0.25, 0.3) is 11.5 Å². The summed E-state index contributed by atoms with van der Waals surface area (Å²) in [7, 11) is 1.52. The lowest BCUT2D eigenvalue weighted by molar-refractivity contribution is 0.0897. The van der Waals surface area contributed by atoms with Crippen LogP contribution in [-0.4, -0.2) is 40.8 Å². The summed E-state index contributed by atoms with van der Waals surface area (Å²) in [5.41, 5.74) is 0.845. The number of aromatic nitrogens is 2. The molecule has 0 spiro atoms. The van der Waals surface area contributed by atoms with Crippen molar-refractivity contribution in [2.24, 2.45) is 0 Å². The van der Waals surface area contributed by atoms with Crippen molar-refractivity contribution in [2.75, 3.05) is 20.3 Å². The van der Waals surface area contributed by atoms with E-state index in [1.807, 2.05) is 18.2 Å². The number of benzene rings is 2. The van der Waals surface area contributed by atoms with Crippen molar-refractivity contribution < 1.29 is 14.6 Å². The molecule has 1 atom stereocenters. The minimum Gasteiger partial charge on any atom is -0.387 e. The number of aliphatic hydroxyl groups excluding tert-OH is 1. The minimum atomic E-state index is -0.852. The number of ether oxygens (including phenoxy) is 1. The molecule has 3 rings (SSSR count).